The second-order valence-electron chi connectivity index (χ2n) is 10.4. The van der Waals surface area contributed by atoms with Gasteiger partial charge in [0.2, 0.25) is 11.8 Å². The summed E-state index contributed by atoms with van der Waals surface area (Å²) in [5.74, 6) is -1.16. The Balaban J connectivity index is 1.81. The van der Waals surface area contributed by atoms with Gasteiger partial charge in [0.1, 0.15) is 23.2 Å². The molecule has 1 saturated heterocycles. The van der Waals surface area contributed by atoms with Gasteiger partial charge in [-0.2, -0.15) is 0 Å². The van der Waals surface area contributed by atoms with Crippen LogP contribution in [-0.2, 0) is 23.9 Å². The van der Waals surface area contributed by atoms with E-state index in [2.05, 4.69) is 16.7 Å². The Kier molecular flexibility index (Phi) is 8.25. The Hall–Kier alpha value is -2.58. The Morgan fingerprint density at radius 3 is 2.65 bits per heavy atom. The SMILES string of the molecule is CCOC(=O)C12CC1C=CCCCCCC(NC(=O)OC(C)(C)C)C(=O)N1CCCC1C(=O)N2. The Labute approximate surface area is 202 Å². The molecule has 4 unspecified atom stereocenters. The smallest absolute Gasteiger partial charge is 0.408 e. The number of amides is 3. The first-order valence-electron chi connectivity index (χ1n) is 12.5. The second kappa shape index (κ2) is 10.8. The third-order valence-electron chi connectivity index (χ3n) is 6.56. The van der Waals surface area contributed by atoms with Crippen molar-refractivity contribution in [2.24, 2.45) is 5.92 Å². The molecule has 2 N–H and O–H groups in total. The van der Waals surface area contributed by atoms with Crippen molar-refractivity contribution >= 4 is 23.9 Å². The van der Waals surface area contributed by atoms with Gasteiger partial charge >= 0.3 is 12.1 Å². The van der Waals surface area contributed by atoms with Gasteiger partial charge in [-0.25, -0.2) is 9.59 Å². The molecular weight excluding hydrogens is 438 g/mol. The van der Waals surface area contributed by atoms with E-state index in [1.54, 1.807) is 32.6 Å². The van der Waals surface area contributed by atoms with Crippen molar-refractivity contribution < 1.29 is 28.7 Å². The van der Waals surface area contributed by atoms with E-state index in [1.165, 1.54) is 0 Å². The van der Waals surface area contributed by atoms with E-state index in [0.717, 1.165) is 25.7 Å². The fourth-order valence-corrected chi connectivity index (χ4v) is 4.77. The molecule has 0 aromatic heterocycles. The molecule has 3 aliphatic rings. The van der Waals surface area contributed by atoms with Crippen LogP contribution in [0.3, 0.4) is 0 Å². The number of carbonyl (C=O) groups excluding carboxylic acids is 4. The zero-order chi connectivity index (χ0) is 24.9. The molecule has 3 amide bonds. The second-order valence-corrected chi connectivity index (χ2v) is 10.4. The quantitative estimate of drug-likeness (QED) is 0.477. The van der Waals surface area contributed by atoms with Crippen LogP contribution in [0.15, 0.2) is 12.2 Å². The normalized spacial score (nSPS) is 30.2. The largest absolute Gasteiger partial charge is 0.464 e. The Morgan fingerprint density at radius 2 is 1.94 bits per heavy atom. The fraction of sp³-hybridized carbons (Fsp3) is 0.760. The van der Waals surface area contributed by atoms with Crippen molar-refractivity contribution in [3.8, 4) is 0 Å². The molecule has 0 aromatic rings. The summed E-state index contributed by atoms with van der Waals surface area (Å²) in [5, 5.41) is 5.66. The molecule has 3 rings (SSSR count). The molecule has 2 aliphatic heterocycles. The lowest BCUT2D eigenvalue weighted by Crippen LogP contribution is -2.56. The van der Waals surface area contributed by atoms with Gasteiger partial charge < -0.3 is 25.0 Å². The lowest BCUT2D eigenvalue weighted by Gasteiger charge is -2.30. The van der Waals surface area contributed by atoms with Crippen molar-refractivity contribution in [1.82, 2.24) is 15.5 Å². The first-order valence-corrected chi connectivity index (χ1v) is 12.5. The molecule has 0 aromatic carbocycles. The standard InChI is InChI=1S/C25H39N3O6/c1-5-33-22(31)25-16-17(25)12-9-7-6-8-10-13-18(26-23(32)34-24(2,3)4)21(30)28-15-11-14-19(28)20(29)27-25/h9,12,17-19H,5-8,10-11,13-16H2,1-4H3,(H,26,32)(H,27,29). The zero-order valence-electron chi connectivity index (χ0n) is 20.9. The molecular formula is C25H39N3O6. The molecule has 190 valence electrons. The highest BCUT2D eigenvalue weighted by Gasteiger charge is 2.62. The summed E-state index contributed by atoms with van der Waals surface area (Å²) in [5.41, 5.74) is -1.74. The Bertz CT molecular complexity index is 820. The van der Waals surface area contributed by atoms with Crippen molar-refractivity contribution in [3.05, 3.63) is 12.2 Å². The number of hydrogen-bond donors (Lipinski definition) is 2. The van der Waals surface area contributed by atoms with E-state index in [-0.39, 0.29) is 24.3 Å². The van der Waals surface area contributed by atoms with Gasteiger partial charge in [-0.1, -0.05) is 25.0 Å². The van der Waals surface area contributed by atoms with Gasteiger partial charge in [0, 0.05) is 12.5 Å². The summed E-state index contributed by atoms with van der Waals surface area (Å²) in [6.45, 7) is 7.71. The molecule has 9 heteroatoms. The molecule has 9 nitrogen and oxygen atoms in total. The Morgan fingerprint density at radius 1 is 1.18 bits per heavy atom. The zero-order valence-corrected chi connectivity index (χ0v) is 20.9. The first kappa shape index (κ1) is 26.0. The molecule has 1 aliphatic carbocycles. The van der Waals surface area contributed by atoms with E-state index in [4.69, 9.17) is 9.47 Å². The molecule has 1 saturated carbocycles. The summed E-state index contributed by atoms with van der Waals surface area (Å²) < 4.78 is 10.6. The van der Waals surface area contributed by atoms with Crippen LogP contribution in [0.1, 0.15) is 79.1 Å². The highest BCUT2D eigenvalue weighted by Crippen LogP contribution is 2.46. The van der Waals surface area contributed by atoms with E-state index in [1.807, 2.05) is 6.08 Å². The summed E-state index contributed by atoms with van der Waals surface area (Å²) in [6, 6.07) is -1.45. The number of nitrogens with zero attached hydrogens (tertiary/aromatic N) is 1. The van der Waals surface area contributed by atoms with E-state index in [9.17, 15) is 19.2 Å². The fourth-order valence-electron chi connectivity index (χ4n) is 4.77. The van der Waals surface area contributed by atoms with Crippen LogP contribution >= 0.6 is 0 Å². The van der Waals surface area contributed by atoms with E-state index in [0.29, 0.717) is 32.2 Å². The van der Waals surface area contributed by atoms with Crippen molar-refractivity contribution in [2.75, 3.05) is 13.2 Å². The van der Waals surface area contributed by atoms with Crippen LogP contribution in [0, 0.1) is 5.92 Å². The van der Waals surface area contributed by atoms with Crippen LogP contribution in [0.2, 0.25) is 0 Å². The molecule has 0 bridgehead atoms. The van der Waals surface area contributed by atoms with Crippen LogP contribution < -0.4 is 10.6 Å². The number of ether oxygens (including phenoxy) is 2. The highest BCUT2D eigenvalue weighted by molar-refractivity contribution is 5.96. The van der Waals surface area contributed by atoms with Gasteiger partial charge in [-0.3, -0.25) is 9.59 Å². The number of nitrogens with one attached hydrogen (secondary N) is 2. The predicted octanol–water partition coefficient (Wildman–Crippen LogP) is 2.83. The third-order valence-corrected chi connectivity index (χ3v) is 6.56. The summed E-state index contributed by atoms with van der Waals surface area (Å²) in [7, 11) is 0. The van der Waals surface area contributed by atoms with Gasteiger partial charge in [-0.15, -0.1) is 0 Å². The molecule has 0 spiro atoms. The maximum absolute atomic E-state index is 13.5. The van der Waals surface area contributed by atoms with E-state index < -0.39 is 35.3 Å². The highest BCUT2D eigenvalue weighted by atomic mass is 16.6. The van der Waals surface area contributed by atoms with Crippen LogP contribution in [0.5, 0.6) is 0 Å². The van der Waals surface area contributed by atoms with Gasteiger partial charge in [0.05, 0.1) is 6.61 Å². The van der Waals surface area contributed by atoms with E-state index >= 15 is 0 Å². The minimum Gasteiger partial charge on any atom is -0.464 e. The minimum atomic E-state index is -1.06. The number of esters is 1. The third kappa shape index (κ3) is 6.30. The maximum Gasteiger partial charge on any atom is 0.408 e. The molecule has 34 heavy (non-hydrogen) atoms. The maximum atomic E-state index is 13.5. The molecule has 0 radical (unpaired) electrons. The van der Waals surface area contributed by atoms with Gasteiger partial charge in [0.15, 0.2) is 0 Å². The lowest BCUT2D eigenvalue weighted by atomic mass is 10.0. The van der Waals surface area contributed by atoms with Crippen molar-refractivity contribution in [3.63, 3.8) is 0 Å². The van der Waals surface area contributed by atoms with Gasteiger partial charge in [0.25, 0.3) is 0 Å². The molecule has 2 fully saturated rings. The molecule has 2 heterocycles. The summed E-state index contributed by atoms with van der Waals surface area (Å²) in [6.07, 6.45) is 9.02. The first-order chi connectivity index (χ1) is 16.1. The topological polar surface area (TPSA) is 114 Å². The number of rotatable bonds is 3. The summed E-state index contributed by atoms with van der Waals surface area (Å²) in [4.78, 5) is 53.5. The lowest BCUT2D eigenvalue weighted by molar-refractivity contribution is -0.150. The summed E-state index contributed by atoms with van der Waals surface area (Å²) >= 11 is 0. The number of fused-ring (bicyclic) bond motifs is 2. The minimum absolute atomic E-state index is 0.104. The number of alkyl carbamates (subject to hydrolysis) is 1. The van der Waals surface area contributed by atoms with Crippen molar-refractivity contribution in [1.29, 1.82) is 0 Å². The van der Waals surface area contributed by atoms with Gasteiger partial charge in [-0.05, 0) is 66.2 Å². The average Bonchev–Trinajstić information content (AvgIpc) is 3.21. The monoisotopic (exact) mass is 477 g/mol. The predicted molar refractivity (Wildman–Crippen MR) is 126 cm³/mol. The number of hydrogen-bond acceptors (Lipinski definition) is 6. The average molecular weight is 478 g/mol. The van der Waals surface area contributed by atoms with Crippen LogP contribution in [0.25, 0.3) is 0 Å². The number of allylic oxidation sites excluding steroid dienone is 1. The molecule has 4 atom stereocenters. The van der Waals surface area contributed by atoms with Crippen molar-refractivity contribution in [2.45, 2.75) is 102 Å². The van der Waals surface area contributed by atoms with Crippen LogP contribution in [0.4, 0.5) is 4.79 Å². The van der Waals surface area contributed by atoms with Crippen LogP contribution in [-0.4, -0.2) is 65.2 Å². The number of carbonyl (C=O) groups is 4.